The van der Waals surface area contributed by atoms with Crippen LogP contribution in [-0.4, -0.2) is 111 Å². The van der Waals surface area contributed by atoms with Crippen molar-refractivity contribution >= 4 is 15.4 Å². The van der Waals surface area contributed by atoms with Crippen LogP contribution in [0.4, 0.5) is 4.39 Å². The molecule has 2 fully saturated rings. The van der Waals surface area contributed by atoms with Gasteiger partial charge in [0, 0.05) is 12.3 Å². The molecule has 3 heterocycles. The molecule has 2 saturated heterocycles. The lowest BCUT2D eigenvalue weighted by molar-refractivity contribution is -0.309. The SMILES string of the molecule is O=c1ccn([C@@H]2O[C@H](CO[C@H]3O[C@@](CO)(P(=O)(O)OP(=O)(O)O)[C@@H](O)[C@H](O)[C@@H]3F)[C@@H](O)[C@H]2O)c(=O)[nH]1. The maximum absolute atomic E-state index is 14.6. The first-order chi connectivity index (χ1) is 16.5. The Kier molecular flexibility index (Phi) is 8.42. The van der Waals surface area contributed by atoms with Crippen molar-refractivity contribution in [1.82, 2.24) is 9.55 Å². The number of aromatic amines is 1. The zero-order chi connectivity index (χ0) is 27.2. The molecule has 1 aromatic heterocycles. The van der Waals surface area contributed by atoms with E-state index in [9.17, 15) is 53.5 Å². The summed E-state index contributed by atoms with van der Waals surface area (Å²) < 4.78 is 57.9. The summed E-state index contributed by atoms with van der Waals surface area (Å²) in [6.07, 6.45) is -16.1. The molecule has 0 aromatic carbocycles. The van der Waals surface area contributed by atoms with Crippen molar-refractivity contribution in [3.8, 4) is 0 Å². The van der Waals surface area contributed by atoms with Crippen LogP contribution in [0.1, 0.15) is 6.23 Å². The number of ether oxygens (including phenoxy) is 3. The molecule has 21 heteroatoms. The van der Waals surface area contributed by atoms with Crippen LogP contribution in [0.2, 0.25) is 0 Å². The van der Waals surface area contributed by atoms with E-state index in [0.717, 1.165) is 16.8 Å². The Hall–Kier alpha value is -1.41. The van der Waals surface area contributed by atoms with Crippen molar-refractivity contribution in [2.75, 3.05) is 13.2 Å². The van der Waals surface area contributed by atoms with Crippen LogP contribution in [0.3, 0.4) is 0 Å². The third kappa shape index (κ3) is 5.40. The number of H-pyrrole nitrogens is 1. The molecule has 0 radical (unpaired) electrons. The number of nitrogens with zero attached hydrogens (tertiary/aromatic N) is 1. The molecule has 18 nitrogen and oxygen atoms in total. The minimum Gasteiger partial charge on any atom is -0.393 e. The molecule has 2 aliphatic rings. The molecule has 2 aliphatic heterocycles. The summed E-state index contributed by atoms with van der Waals surface area (Å²) in [7, 11) is -11.6. The molecule has 0 bridgehead atoms. The largest absolute Gasteiger partial charge is 0.476 e. The van der Waals surface area contributed by atoms with Crippen molar-refractivity contribution in [3.63, 3.8) is 0 Å². The van der Waals surface area contributed by atoms with Crippen molar-refractivity contribution in [1.29, 1.82) is 0 Å². The Labute approximate surface area is 198 Å². The van der Waals surface area contributed by atoms with Crippen LogP contribution < -0.4 is 11.2 Å². The number of hydrogen-bond donors (Lipinski definition) is 9. The molecule has 3 rings (SSSR count). The van der Waals surface area contributed by atoms with E-state index in [1.165, 1.54) is 0 Å². The summed E-state index contributed by atoms with van der Waals surface area (Å²) in [5.74, 6) is 0. The van der Waals surface area contributed by atoms with E-state index in [1.54, 1.807) is 0 Å². The number of phosphoric acid groups is 1. The second-order valence-electron chi connectivity index (χ2n) is 7.86. The van der Waals surface area contributed by atoms with Gasteiger partial charge in [0.25, 0.3) is 5.56 Å². The van der Waals surface area contributed by atoms with E-state index >= 15 is 0 Å². The van der Waals surface area contributed by atoms with Gasteiger partial charge in [-0.05, 0) is 0 Å². The van der Waals surface area contributed by atoms with Gasteiger partial charge in [-0.3, -0.25) is 18.9 Å². The number of aromatic nitrogens is 2. The van der Waals surface area contributed by atoms with E-state index < -0.39 is 94.4 Å². The van der Waals surface area contributed by atoms with Gasteiger partial charge >= 0.3 is 21.1 Å². The highest BCUT2D eigenvalue weighted by molar-refractivity contribution is 7.64. The van der Waals surface area contributed by atoms with Crippen LogP contribution in [0.25, 0.3) is 0 Å². The van der Waals surface area contributed by atoms with Crippen LogP contribution >= 0.6 is 15.4 Å². The fourth-order valence-electron chi connectivity index (χ4n) is 3.64. The third-order valence-electron chi connectivity index (χ3n) is 5.50. The first kappa shape index (κ1) is 29.2. The Balaban J connectivity index is 1.80. The van der Waals surface area contributed by atoms with Gasteiger partial charge in [0.05, 0.1) is 13.2 Å². The van der Waals surface area contributed by atoms with Crippen molar-refractivity contribution in [2.45, 2.75) is 54.6 Å². The minimum absolute atomic E-state index is 0.725. The molecule has 9 N–H and O–H groups in total. The number of aliphatic hydroxyl groups excluding tert-OH is 5. The predicted octanol–water partition coefficient (Wildman–Crippen LogP) is -4.43. The minimum atomic E-state index is -5.89. The van der Waals surface area contributed by atoms with E-state index in [2.05, 4.69) is 4.31 Å². The molecular weight excluding hydrogens is 545 g/mol. The van der Waals surface area contributed by atoms with Crippen LogP contribution in [-0.2, 0) is 27.7 Å². The predicted molar refractivity (Wildman–Crippen MR) is 108 cm³/mol. The Bertz CT molecular complexity index is 1160. The summed E-state index contributed by atoms with van der Waals surface area (Å²) in [5, 5.41) is 46.8. The molecule has 0 spiro atoms. The quantitative estimate of drug-likeness (QED) is 0.134. The summed E-state index contributed by atoms with van der Waals surface area (Å²) in [6, 6.07) is 0.922. The average molecular weight is 568 g/mol. The first-order valence-corrected chi connectivity index (χ1v) is 13.0. The lowest BCUT2D eigenvalue weighted by Gasteiger charge is -2.47. The van der Waals surface area contributed by atoms with Gasteiger partial charge in [-0.25, -0.2) is 18.1 Å². The zero-order valence-electron chi connectivity index (χ0n) is 17.8. The van der Waals surface area contributed by atoms with Crippen LogP contribution in [0.15, 0.2) is 21.9 Å². The molecule has 1 aromatic rings. The standard InChI is InChI=1S/C15H23FN2O16P2/c16-7-9(22)11(24)15(4-19,35(26,27)34-36(28,29)30)33-13(7)31-3-5-8(21)10(23)12(32-5)18-2-1-6(20)17-14(18)25/h1-2,5,7-13,19,21-24H,3-4H2,(H,26,27)(H,17,20,25)(H2,28,29,30)/t5-,7+,8-,9-,10-,11+,12-,13+,15+/m1/s1. The van der Waals surface area contributed by atoms with Crippen molar-refractivity contribution in [3.05, 3.63) is 33.1 Å². The lowest BCUT2D eigenvalue weighted by atomic mass is 9.99. The summed E-state index contributed by atoms with van der Waals surface area (Å²) in [4.78, 5) is 52.8. The monoisotopic (exact) mass is 568 g/mol. The second-order valence-corrected chi connectivity index (χ2v) is 11.3. The van der Waals surface area contributed by atoms with E-state index in [-0.39, 0.29) is 0 Å². The maximum Gasteiger partial charge on any atom is 0.476 e. The Morgan fingerprint density at radius 1 is 1.11 bits per heavy atom. The van der Waals surface area contributed by atoms with Crippen molar-refractivity contribution < 1.29 is 72.3 Å². The summed E-state index contributed by atoms with van der Waals surface area (Å²) in [6.45, 7) is -2.61. The topological polar surface area (TPSA) is 288 Å². The molecular formula is C15H23FN2O16P2. The highest BCUT2D eigenvalue weighted by atomic mass is 31.3. The molecule has 10 atom stereocenters. The third-order valence-corrected chi connectivity index (χ3v) is 8.71. The van der Waals surface area contributed by atoms with Crippen molar-refractivity contribution in [2.24, 2.45) is 0 Å². The Morgan fingerprint density at radius 3 is 2.31 bits per heavy atom. The Morgan fingerprint density at radius 2 is 1.75 bits per heavy atom. The van der Waals surface area contributed by atoms with Gasteiger partial charge in [-0.15, -0.1) is 0 Å². The number of rotatable bonds is 8. The van der Waals surface area contributed by atoms with Gasteiger partial charge in [0.15, 0.2) is 18.7 Å². The maximum atomic E-state index is 14.6. The van der Waals surface area contributed by atoms with Gasteiger partial charge in [-0.1, -0.05) is 0 Å². The fraction of sp³-hybridized carbons (Fsp3) is 0.733. The van der Waals surface area contributed by atoms with Gasteiger partial charge in [-0.2, -0.15) is 0 Å². The molecule has 36 heavy (non-hydrogen) atoms. The smallest absolute Gasteiger partial charge is 0.393 e. The van der Waals surface area contributed by atoms with Gasteiger partial charge in [0.1, 0.15) is 30.5 Å². The van der Waals surface area contributed by atoms with Crippen LogP contribution in [0.5, 0.6) is 0 Å². The van der Waals surface area contributed by atoms with Gasteiger partial charge in [0.2, 0.25) is 5.34 Å². The molecule has 1 unspecified atom stereocenters. The molecule has 0 saturated carbocycles. The first-order valence-electron chi connectivity index (χ1n) is 9.88. The van der Waals surface area contributed by atoms with Crippen LogP contribution in [0, 0.1) is 0 Å². The highest BCUT2D eigenvalue weighted by Crippen LogP contribution is 2.67. The normalized spacial score (nSPS) is 39.1. The van der Waals surface area contributed by atoms with E-state index in [4.69, 9.17) is 24.0 Å². The summed E-state index contributed by atoms with van der Waals surface area (Å²) >= 11 is 0. The fourth-order valence-corrected chi connectivity index (χ4v) is 6.25. The number of aliphatic hydroxyl groups is 5. The number of alkyl halides is 1. The molecule has 0 amide bonds. The number of halogens is 1. The number of nitrogens with one attached hydrogen (secondary N) is 1. The molecule has 206 valence electrons. The highest BCUT2D eigenvalue weighted by Gasteiger charge is 2.66. The zero-order valence-corrected chi connectivity index (χ0v) is 19.5. The number of hydrogen-bond acceptors (Lipinski definition) is 13. The second kappa shape index (κ2) is 10.4. The summed E-state index contributed by atoms with van der Waals surface area (Å²) in [5.41, 5.74) is -1.77. The molecule has 0 aliphatic carbocycles. The average Bonchev–Trinajstić information content (AvgIpc) is 3.04. The van der Waals surface area contributed by atoms with Gasteiger partial charge < -0.3 is 54.4 Å². The van der Waals surface area contributed by atoms with E-state index in [1.807, 2.05) is 4.98 Å². The lowest BCUT2D eigenvalue weighted by Crippen LogP contribution is -2.65. The van der Waals surface area contributed by atoms with E-state index in [0.29, 0.717) is 0 Å².